The summed E-state index contributed by atoms with van der Waals surface area (Å²) >= 11 is 6.77. The number of rotatable bonds is 1. The summed E-state index contributed by atoms with van der Waals surface area (Å²) in [6.07, 6.45) is 10.6. The van der Waals surface area contributed by atoms with E-state index in [4.69, 9.17) is 11.8 Å². The van der Waals surface area contributed by atoms with E-state index in [2.05, 4.69) is 55.5 Å². The van der Waals surface area contributed by atoms with Crippen molar-refractivity contribution in [2.75, 3.05) is 0 Å². The molecule has 0 spiro atoms. The molecule has 0 saturated carbocycles. The molecule has 0 bridgehead atoms. The van der Waals surface area contributed by atoms with E-state index in [0.29, 0.717) is 12.0 Å². The molecule has 0 N–H and O–H groups in total. The minimum Gasteiger partial charge on any atom is -0.205 e. The molecule has 1 heterocycles. The fourth-order valence-electron chi connectivity index (χ4n) is 4.09. The Kier molecular flexibility index (Phi) is 3.28. The molecule has 1 nitrogen and oxygen atoms in total. The fraction of sp³-hybridized carbons (Fsp3) is 0.368. The van der Waals surface area contributed by atoms with Crippen LogP contribution in [0.25, 0.3) is 0 Å². The molecular weight excluding hydrogens is 278 g/mol. The van der Waals surface area contributed by atoms with Gasteiger partial charge >= 0.3 is 0 Å². The van der Waals surface area contributed by atoms with Crippen molar-refractivity contribution >= 4 is 11.8 Å². The minimum absolute atomic E-state index is 0.170. The Morgan fingerprint density at radius 2 is 1.95 bits per heavy atom. The van der Waals surface area contributed by atoms with Crippen molar-refractivity contribution in [2.45, 2.75) is 38.3 Å². The standard InChI is InChI=1S/C19H20ClN/c1-13-12-16-9-5-8-14-10-11-17(18(14)16)19(21(13)20)15-6-3-2-4-7-15/h2-4,6-8,10-11,13,16,19H,5,9,12H2,1H3. The number of benzene rings is 1. The predicted octanol–water partition coefficient (Wildman–Crippen LogP) is 5.18. The van der Waals surface area contributed by atoms with Gasteiger partial charge < -0.3 is 0 Å². The Labute approximate surface area is 131 Å². The number of allylic oxidation sites excluding steroid dienone is 4. The van der Waals surface area contributed by atoms with Crippen molar-refractivity contribution in [2.24, 2.45) is 5.92 Å². The van der Waals surface area contributed by atoms with Crippen LogP contribution >= 0.6 is 11.8 Å². The van der Waals surface area contributed by atoms with Crippen LogP contribution in [0.3, 0.4) is 0 Å². The lowest BCUT2D eigenvalue weighted by Gasteiger charge is -2.29. The summed E-state index contributed by atoms with van der Waals surface area (Å²) in [5.41, 5.74) is 5.71. The van der Waals surface area contributed by atoms with Crippen molar-refractivity contribution in [3.8, 4) is 0 Å². The lowest BCUT2D eigenvalue weighted by Crippen LogP contribution is -2.29. The lowest BCUT2D eigenvalue weighted by molar-refractivity contribution is 0.284. The molecule has 3 unspecified atom stereocenters. The highest BCUT2D eigenvalue weighted by Crippen LogP contribution is 2.49. The van der Waals surface area contributed by atoms with Gasteiger partial charge in [-0.05, 0) is 66.2 Å². The third-order valence-corrected chi connectivity index (χ3v) is 5.58. The summed E-state index contributed by atoms with van der Waals surface area (Å²) < 4.78 is 2.04. The second kappa shape index (κ2) is 5.15. The largest absolute Gasteiger partial charge is 0.205 e. The SMILES string of the molecule is CC1CC2CCC=C3C=CC(=C32)C(c2ccccc2)N1Cl. The molecule has 2 heteroatoms. The zero-order valence-corrected chi connectivity index (χ0v) is 13.1. The van der Waals surface area contributed by atoms with Gasteiger partial charge in [0.05, 0.1) is 6.04 Å². The van der Waals surface area contributed by atoms with Gasteiger partial charge in [0, 0.05) is 6.04 Å². The molecule has 1 aromatic rings. The molecule has 108 valence electrons. The fourth-order valence-corrected chi connectivity index (χ4v) is 4.39. The molecular formula is C19H20ClN. The van der Waals surface area contributed by atoms with Crippen LogP contribution in [0.1, 0.15) is 37.8 Å². The van der Waals surface area contributed by atoms with Crippen molar-refractivity contribution in [1.29, 1.82) is 0 Å². The van der Waals surface area contributed by atoms with Gasteiger partial charge in [0.15, 0.2) is 0 Å². The number of hydrogen-bond donors (Lipinski definition) is 0. The van der Waals surface area contributed by atoms with Gasteiger partial charge in [0.25, 0.3) is 0 Å². The highest BCUT2D eigenvalue weighted by atomic mass is 35.5. The molecule has 1 aliphatic heterocycles. The van der Waals surface area contributed by atoms with Crippen LogP contribution in [0.5, 0.6) is 0 Å². The molecule has 0 amide bonds. The Morgan fingerprint density at radius 3 is 2.76 bits per heavy atom. The van der Waals surface area contributed by atoms with Crippen LogP contribution < -0.4 is 0 Å². The number of nitrogens with zero attached hydrogens (tertiary/aromatic N) is 1. The summed E-state index contributed by atoms with van der Waals surface area (Å²) in [4.78, 5) is 0. The number of hydrogen-bond acceptors (Lipinski definition) is 1. The first kappa shape index (κ1) is 13.4. The Hall–Kier alpha value is -1.31. The van der Waals surface area contributed by atoms with Crippen LogP contribution in [-0.4, -0.2) is 10.5 Å². The summed E-state index contributed by atoms with van der Waals surface area (Å²) in [6, 6.07) is 11.2. The monoisotopic (exact) mass is 297 g/mol. The second-order valence-corrected chi connectivity index (χ2v) is 6.77. The van der Waals surface area contributed by atoms with Gasteiger partial charge in [-0.15, -0.1) is 0 Å². The van der Waals surface area contributed by atoms with E-state index < -0.39 is 0 Å². The van der Waals surface area contributed by atoms with Crippen LogP contribution in [0, 0.1) is 5.92 Å². The molecule has 0 radical (unpaired) electrons. The number of halogens is 1. The average molecular weight is 298 g/mol. The first-order valence-corrected chi connectivity index (χ1v) is 8.21. The van der Waals surface area contributed by atoms with Crippen molar-refractivity contribution in [1.82, 2.24) is 4.42 Å². The molecule has 0 aromatic heterocycles. The molecule has 2 aliphatic carbocycles. The maximum absolute atomic E-state index is 6.77. The van der Waals surface area contributed by atoms with Crippen molar-refractivity contribution in [3.05, 3.63) is 70.8 Å². The third kappa shape index (κ3) is 2.11. The van der Waals surface area contributed by atoms with E-state index in [1.54, 1.807) is 5.57 Å². The molecule has 1 aromatic carbocycles. The van der Waals surface area contributed by atoms with Gasteiger partial charge in [0.1, 0.15) is 0 Å². The van der Waals surface area contributed by atoms with Gasteiger partial charge in [-0.1, -0.05) is 48.6 Å². The van der Waals surface area contributed by atoms with Crippen LogP contribution in [0.4, 0.5) is 0 Å². The zero-order valence-electron chi connectivity index (χ0n) is 12.3. The molecule has 0 fully saturated rings. The van der Waals surface area contributed by atoms with Crippen molar-refractivity contribution in [3.63, 3.8) is 0 Å². The first-order chi connectivity index (χ1) is 10.3. The van der Waals surface area contributed by atoms with Gasteiger partial charge in [0.2, 0.25) is 0 Å². The van der Waals surface area contributed by atoms with E-state index >= 15 is 0 Å². The van der Waals surface area contributed by atoms with E-state index in [1.807, 2.05) is 4.42 Å². The average Bonchev–Trinajstić information content (AvgIpc) is 2.89. The maximum atomic E-state index is 6.77. The second-order valence-electron chi connectivity index (χ2n) is 6.38. The minimum atomic E-state index is 0.170. The smallest absolute Gasteiger partial charge is 0.0757 e. The predicted molar refractivity (Wildman–Crippen MR) is 87.9 cm³/mol. The molecule has 3 aliphatic rings. The van der Waals surface area contributed by atoms with Crippen LogP contribution in [-0.2, 0) is 0 Å². The quantitative estimate of drug-likeness (QED) is 0.646. The molecule has 4 rings (SSSR count). The summed E-state index contributed by atoms with van der Waals surface area (Å²) in [5.74, 6) is 0.667. The van der Waals surface area contributed by atoms with Gasteiger partial charge in [-0.2, -0.15) is 0 Å². The van der Waals surface area contributed by atoms with E-state index in [0.717, 1.165) is 6.42 Å². The maximum Gasteiger partial charge on any atom is 0.0757 e. The molecule has 21 heavy (non-hydrogen) atoms. The van der Waals surface area contributed by atoms with Crippen molar-refractivity contribution < 1.29 is 0 Å². The Balaban J connectivity index is 1.89. The van der Waals surface area contributed by atoms with Crippen LogP contribution in [0.15, 0.2) is 65.3 Å². The Morgan fingerprint density at radius 1 is 1.14 bits per heavy atom. The summed E-state index contributed by atoms with van der Waals surface area (Å²) in [7, 11) is 0. The summed E-state index contributed by atoms with van der Waals surface area (Å²) in [5, 5.41) is 0. The van der Waals surface area contributed by atoms with E-state index in [9.17, 15) is 0 Å². The Bertz CT molecular complexity index is 641. The highest BCUT2D eigenvalue weighted by Gasteiger charge is 2.38. The zero-order chi connectivity index (χ0) is 14.4. The summed E-state index contributed by atoms with van der Waals surface area (Å²) in [6.45, 7) is 2.26. The molecule has 0 saturated heterocycles. The van der Waals surface area contributed by atoms with Gasteiger partial charge in [-0.25, -0.2) is 4.42 Å². The first-order valence-electron chi connectivity index (χ1n) is 7.87. The third-order valence-electron chi connectivity index (χ3n) is 5.06. The highest BCUT2D eigenvalue weighted by molar-refractivity contribution is 6.14. The topological polar surface area (TPSA) is 3.24 Å². The van der Waals surface area contributed by atoms with Crippen LogP contribution in [0.2, 0.25) is 0 Å². The lowest BCUT2D eigenvalue weighted by atomic mass is 9.80. The normalized spacial score (nSPS) is 31.9. The van der Waals surface area contributed by atoms with E-state index in [-0.39, 0.29) is 6.04 Å². The van der Waals surface area contributed by atoms with Gasteiger partial charge in [-0.3, -0.25) is 0 Å². The van der Waals surface area contributed by atoms with E-state index in [1.165, 1.54) is 29.6 Å². The molecule has 3 atom stereocenters.